The molecule has 2 N–H and O–H groups in total. The van der Waals surface area contributed by atoms with Crippen molar-refractivity contribution in [3.05, 3.63) is 90.2 Å². The van der Waals surface area contributed by atoms with E-state index in [0.29, 0.717) is 33.5 Å². The van der Waals surface area contributed by atoms with Gasteiger partial charge in [-0.2, -0.15) is 0 Å². The van der Waals surface area contributed by atoms with Crippen molar-refractivity contribution in [2.45, 2.75) is 20.0 Å². The van der Waals surface area contributed by atoms with Gasteiger partial charge < -0.3 is 15.4 Å². The van der Waals surface area contributed by atoms with E-state index in [-0.39, 0.29) is 17.3 Å². The molecule has 1 unspecified atom stereocenters. The van der Waals surface area contributed by atoms with Crippen LogP contribution in [0.2, 0.25) is 0 Å². The summed E-state index contributed by atoms with van der Waals surface area (Å²) in [6.07, 6.45) is -1.08. The number of pyridine rings is 1. The highest BCUT2D eigenvalue weighted by Crippen LogP contribution is 2.26. The van der Waals surface area contributed by atoms with Gasteiger partial charge in [0.15, 0.2) is 6.10 Å². The Labute approximate surface area is 200 Å². The maximum absolute atomic E-state index is 13.4. The lowest BCUT2D eigenvalue weighted by Crippen LogP contribution is -2.30. The zero-order valence-electron chi connectivity index (χ0n) is 19.0. The van der Waals surface area contributed by atoms with E-state index in [2.05, 4.69) is 15.6 Å². The summed E-state index contributed by atoms with van der Waals surface area (Å²) in [5.41, 5.74) is 3.01. The Balaban J connectivity index is 1.53. The Kier molecular flexibility index (Phi) is 6.82. The maximum atomic E-state index is 13.4. The molecule has 3 aromatic carbocycles. The fraction of sp³-hybridized carbons (Fsp3) is 0.111. The summed E-state index contributed by atoms with van der Waals surface area (Å²) >= 11 is 0. The van der Waals surface area contributed by atoms with Crippen LogP contribution < -0.4 is 10.6 Å². The molecule has 1 atom stereocenters. The van der Waals surface area contributed by atoms with Crippen molar-refractivity contribution in [3.8, 4) is 11.3 Å². The molecular formula is C27H22FN3O4. The molecule has 35 heavy (non-hydrogen) atoms. The van der Waals surface area contributed by atoms with E-state index in [1.807, 2.05) is 0 Å². The van der Waals surface area contributed by atoms with E-state index in [0.717, 1.165) is 0 Å². The number of amides is 2. The second-order valence-electron chi connectivity index (χ2n) is 7.87. The van der Waals surface area contributed by atoms with Crippen molar-refractivity contribution < 1.29 is 23.5 Å². The van der Waals surface area contributed by atoms with Crippen molar-refractivity contribution >= 4 is 40.1 Å². The number of aromatic nitrogens is 1. The topological polar surface area (TPSA) is 97.4 Å². The number of halogens is 1. The van der Waals surface area contributed by atoms with Gasteiger partial charge in [-0.15, -0.1) is 0 Å². The van der Waals surface area contributed by atoms with Crippen molar-refractivity contribution in [3.63, 3.8) is 0 Å². The van der Waals surface area contributed by atoms with Gasteiger partial charge in [0.1, 0.15) is 5.82 Å². The summed E-state index contributed by atoms with van der Waals surface area (Å²) in [6, 6.07) is 21.0. The molecule has 0 aliphatic rings. The number of nitrogens with one attached hydrogen (secondary N) is 2. The molecule has 0 spiro atoms. The van der Waals surface area contributed by atoms with Crippen LogP contribution in [0.25, 0.3) is 22.2 Å². The fourth-order valence-corrected chi connectivity index (χ4v) is 3.47. The van der Waals surface area contributed by atoms with Crippen molar-refractivity contribution in [2.24, 2.45) is 0 Å². The van der Waals surface area contributed by atoms with Gasteiger partial charge in [-0.05, 0) is 67.6 Å². The average molecular weight is 471 g/mol. The zero-order valence-corrected chi connectivity index (χ0v) is 19.0. The molecule has 8 heteroatoms. The van der Waals surface area contributed by atoms with Gasteiger partial charge in [-0.1, -0.05) is 18.2 Å². The van der Waals surface area contributed by atoms with E-state index in [1.54, 1.807) is 66.7 Å². The molecule has 4 rings (SSSR count). The number of carbonyl (C=O) groups is 3. The van der Waals surface area contributed by atoms with E-state index in [1.165, 1.54) is 26.0 Å². The first kappa shape index (κ1) is 23.6. The molecule has 0 saturated heterocycles. The molecule has 7 nitrogen and oxygen atoms in total. The van der Waals surface area contributed by atoms with Gasteiger partial charge in [0, 0.05) is 29.2 Å². The van der Waals surface area contributed by atoms with E-state index in [4.69, 9.17) is 4.74 Å². The number of fused-ring (bicyclic) bond motifs is 1. The number of benzene rings is 3. The first-order valence-corrected chi connectivity index (χ1v) is 10.9. The average Bonchev–Trinajstić information content (AvgIpc) is 2.84. The van der Waals surface area contributed by atoms with Gasteiger partial charge in [-0.3, -0.25) is 9.59 Å². The summed E-state index contributed by atoms with van der Waals surface area (Å²) in [4.78, 5) is 41.4. The van der Waals surface area contributed by atoms with Crippen LogP contribution >= 0.6 is 0 Å². The molecular weight excluding hydrogens is 449 g/mol. The Morgan fingerprint density at radius 1 is 0.886 bits per heavy atom. The number of para-hydroxylation sites is 1. The minimum atomic E-state index is -1.08. The molecule has 1 aromatic heterocycles. The molecule has 4 aromatic rings. The predicted octanol–water partition coefficient (Wildman–Crippen LogP) is 5.18. The number of anilines is 2. The van der Waals surface area contributed by atoms with E-state index in [9.17, 15) is 18.8 Å². The summed E-state index contributed by atoms with van der Waals surface area (Å²) in [5.74, 6) is -1.77. The number of esters is 1. The van der Waals surface area contributed by atoms with Crippen LogP contribution in [0.1, 0.15) is 24.2 Å². The highest BCUT2D eigenvalue weighted by molar-refractivity contribution is 6.06. The third-order valence-corrected chi connectivity index (χ3v) is 5.20. The molecule has 0 saturated carbocycles. The molecule has 0 aliphatic heterocycles. The minimum absolute atomic E-state index is 0.200. The van der Waals surface area contributed by atoms with Gasteiger partial charge in [0.2, 0.25) is 5.91 Å². The second kappa shape index (κ2) is 10.1. The maximum Gasteiger partial charge on any atom is 0.339 e. The van der Waals surface area contributed by atoms with Crippen LogP contribution in [0.4, 0.5) is 15.8 Å². The molecule has 176 valence electrons. The van der Waals surface area contributed by atoms with E-state index >= 15 is 0 Å². The molecule has 0 bridgehead atoms. The number of nitrogens with zero attached hydrogens (tertiary/aromatic N) is 1. The highest BCUT2D eigenvalue weighted by atomic mass is 19.1. The molecule has 1 heterocycles. The first-order chi connectivity index (χ1) is 16.8. The number of hydrogen-bond acceptors (Lipinski definition) is 5. The number of ether oxygens (including phenoxy) is 1. The third-order valence-electron chi connectivity index (χ3n) is 5.20. The van der Waals surface area contributed by atoms with Crippen LogP contribution in [0, 0.1) is 5.82 Å². The van der Waals surface area contributed by atoms with Gasteiger partial charge >= 0.3 is 5.97 Å². The zero-order chi connectivity index (χ0) is 24.9. The van der Waals surface area contributed by atoms with Crippen LogP contribution in [0.5, 0.6) is 0 Å². The second-order valence-corrected chi connectivity index (χ2v) is 7.87. The molecule has 2 amide bonds. The largest absolute Gasteiger partial charge is 0.449 e. The first-order valence-electron chi connectivity index (χ1n) is 10.9. The normalized spacial score (nSPS) is 11.5. The Morgan fingerprint density at radius 2 is 1.51 bits per heavy atom. The van der Waals surface area contributed by atoms with Crippen LogP contribution in [-0.2, 0) is 14.3 Å². The van der Waals surface area contributed by atoms with Crippen molar-refractivity contribution in [1.29, 1.82) is 0 Å². The van der Waals surface area contributed by atoms with E-state index < -0.39 is 18.0 Å². The fourth-order valence-electron chi connectivity index (χ4n) is 3.47. The number of rotatable bonds is 6. The summed E-state index contributed by atoms with van der Waals surface area (Å²) in [7, 11) is 0. The SMILES string of the molecule is CC(=O)Nc1ccc(NC(=O)C(C)OC(=O)c2cc(-c3ccc(F)cc3)nc3ccccc23)cc1. The van der Waals surface area contributed by atoms with Gasteiger partial charge in [0.25, 0.3) is 5.91 Å². The van der Waals surface area contributed by atoms with Gasteiger partial charge in [-0.25, -0.2) is 14.2 Å². The highest BCUT2D eigenvalue weighted by Gasteiger charge is 2.22. The smallest absolute Gasteiger partial charge is 0.339 e. The molecule has 0 radical (unpaired) electrons. The quantitative estimate of drug-likeness (QED) is 0.378. The standard InChI is InChI=1S/C27H22FN3O4/c1-16(26(33)30-21-13-11-20(12-14-21)29-17(2)32)35-27(34)23-15-25(18-7-9-19(28)10-8-18)31-24-6-4-3-5-22(23)24/h3-16H,1-2H3,(H,29,32)(H,30,33). The Morgan fingerprint density at radius 3 is 2.17 bits per heavy atom. The lowest BCUT2D eigenvalue weighted by molar-refractivity contribution is -0.123. The van der Waals surface area contributed by atoms with Crippen LogP contribution in [0.15, 0.2) is 78.9 Å². The van der Waals surface area contributed by atoms with Crippen molar-refractivity contribution in [1.82, 2.24) is 4.98 Å². The molecule has 0 fully saturated rings. The monoisotopic (exact) mass is 471 g/mol. The van der Waals surface area contributed by atoms with Crippen LogP contribution in [-0.4, -0.2) is 28.9 Å². The summed E-state index contributed by atoms with van der Waals surface area (Å²) in [6.45, 7) is 2.88. The van der Waals surface area contributed by atoms with Gasteiger partial charge in [0.05, 0.1) is 16.8 Å². The lowest BCUT2D eigenvalue weighted by atomic mass is 10.0. The number of carbonyl (C=O) groups excluding carboxylic acids is 3. The minimum Gasteiger partial charge on any atom is -0.449 e. The third kappa shape index (κ3) is 5.67. The Hall–Kier alpha value is -4.59. The number of hydrogen-bond donors (Lipinski definition) is 2. The van der Waals surface area contributed by atoms with Crippen LogP contribution in [0.3, 0.4) is 0 Å². The summed E-state index contributed by atoms with van der Waals surface area (Å²) in [5, 5.41) is 5.90. The Bertz CT molecular complexity index is 1400. The summed E-state index contributed by atoms with van der Waals surface area (Å²) < 4.78 is 18.8. The molecule has 0 aliphatic carbocycles. The predicted molar refractivity (Wildman–Crippen MR) is 131 cm³/mol. The lowest BCUT2D eigenvalue weighted by Gasteiger charge is -2.15. The van der Waals surface area contributed by atoms with Crippen molar-refractivity contribution in [2.75, 3.05) is 10.6 Å².